The average Bonchev–Trinajstić information content (AvgIpc) is 2.30. The molecule has 1 aromatic heterocycles. The number of amides is 1. The van der Waals surface area contributed by atoms with Gasteiger partial charge in [-0.25, -0.2) is 10.4 Å². The van der Waals surface area contributed by atoms with Crippen LogP contribution in [-0.2, 0) is 0 Å². The third-order valence-corrected chi connectivity index (χ3v) is 2.43. The van der Waals surface area contributed by atoms with Crippen molar-refractivity contribution in [2.75, 3.05) is 5.73 Å². The summed E-state index contributed by atoms with van der Waals surface area (Å²) in [5.41, 5.74) is 11.8. The number of rotatable bonds is 5. The van der Waals surface area contributed by atoms with Gasteiger partial charge in [-0.2, -0.15) is 0 Å². The summed E-state index contributed by atoms with van der Waals surface area (Å²) in [4.78, 5) is 15.6. The molecule has 1 amide bonds. The number of nitrogen functional groups attached to an aromatic ring is 1. The first-order valence-corrected chi connectivity index (χ1v) is 5.45. The van der Waals surface area contributed by atoms with E-state index in [9.17, 15) is 4.79 Å². The maximum atomic E-state index is 11.7. The van der Waals surface area contributed by atoms with Crippen molar-refractivity contribution in [3.8, 4) is 0 Å². The highest BCUT2D eigenvalue weighted by Crippen LogP contribution is 2.05. The number of anilines is 1. The molecule has 0 radical (unpaired) electrons. The topological polar surface area (TPSA) is 80.0 Å². The van der Waals surface area contributed by atoms with E-state index in [0.29, 0.717) is 5.69 Å². The van der Waals surface area contributed by atoms with Gasteiger partial charge >= 0.3 is 0 Å². The summed E-state index contributed by atoms with van der Waals surface area (Å²) in [7, 11) is 0. The Morgan fingerprint density at radius 2 is 2.19 bits per heavy atom. The van der Waals surface area contributed by atoms with Crippen LogP contribution in [0.25, 0.3) is 0 Å². The van der Waals surface area contributed by atoms with Crippen LogP contribution < -0.4 is 16.6 Å². The largest absolute Gasteiger partial charge is 0.397 e. The summed E-state index contributed by atoms with van der Waals surface area (Å²) in [5.74, 6) is -0.301. The predicted octanol–water partition coefficient (Wildman–Crippen LogP) is 1.09. The lowest BCUT2D eigenvalue weighted by Crippen LogP contribution is -2.44. The van der Waals surface area contributed by atoms with Crippen LogP contribution in [0.1, 0.15) is 37.2 Å². The van der Waals surface area contributed by atoms with E-state index in [-0.39, 0.29) is 17.6 Å². The molecule has 0 atom stereocenters. The molecule has 0 aliphatic heterocycles. The summed E-state index contributed by atoms with van der Waals surface area (Å²) < 4.78 is 0. The van der Waals surface area contributed by atoms with Gasteiger partial charge in [0.25, 0.3) is 5.91 Å². The van der Waals surface area contributed by atoms with Gasteiger partial charge < -0.3 is 5.73 Å². The van der Waals surface area contributed by atoms with E-state index in [1.807, 2.05) is 0 Å². The normalized spacial score (nSPS) is 10.4. The Bertz CT molecular complexity index is 350. The SMILES string of the molecule is CCC(CC)NNC(=O)c1ncccc1N. The lowest BCUT2D eigenvalue weighted by molar-refractivity contribution is 0.0920. The van der Waals surface area contributed by atoms with Crippen molar-refractivity contribution in [3.63, 3.8) is 0 Å². The predicted molar refractivity (Wildman–Crippen MR) is 63.6 cm³/mol. The molecule has 0 fully saturated rings. The van der Waals surface area contributed by atoms with E-state index in [4.69, 9.17) is 5.73 Å². The quantitative estimate of drug-likeness (QED) is 0.651. The van der Waals surface area contributed by atoms with Crippen molar-refractivity contribution in [1.29, 1.82) is 0 Å². The van der Waals surface area contributed by atoms with Gasteiger partial charge in [-0.05, 0) is 25.0 Å². The number of hydrogen-bond acceptors (Lipinski definition) is 4. The molecule has 0 aliphatic carbocycles. The zero-order valence-electron chi connectivity index (χ0n) is 9.66. The van der Waals surface area contributed by atoms with Crippen LogP contribution >= 0.6 is 0 Å². The van der Waals surface area contributed by atoms with Crippen molar-refractivity contribution in [3.05, 3.63) is 24.0 Å². The smallest absolute Gasteiger partial charge is 0.286 e. The van der Waals surface area contributed by atoms with Crippen LogP contribution in [-0.4, -0.2) is 16.9 Å². The van der Waals surface area contributed by atoms with Crippen LogP contribution in [0.3, 0.4) is 0 Å². The van der Waals surface area contributed by atoms with Crippen LogP contribution in [0.15, 0.2) is 18.3 Å². The number of hydrogen-bond donors (Lipinski definition) is 3. The summed E-state index contributed by atoms with van der Waals surface area (Å²) >= 11 is 0. The highest BCUT2D eigenvalue weighted by molar-refractivity contribution is 5.96. The molecule has 0 aliphatic rings. The fourth-order valence-corrected chi connectivity index (χ4v) is 1.33. The summed E-state index contributed by atoms with van der Waals surface area (Å²) in [6.07, 6.45) is 3.45. The van der Waals surface area contributed by atoms with E-state index in [1.165, 1.54) is 0 Å². The molecule has 0 saturated heterocycles. The molecule has 5 nitrogen and oxygen atoms in total. The first kappa shape index (κ1) is 12.4. The van der Waals surface area contributed by atoms with Gasteiger partial charge in [-0.1, -0.05) is 13.8 Å². The van der Waals surface area contributed by atoms with Crippen molar-refractivity contribution < 1.29 is 4.79 Å². The van der Waals surface area contributed by atoms with Crippen LogP contribution in [0, 0.1) is 0 Å². The van der Waals surface area contributed by atoms with Crippen LogP contribution in [0.5, 0.6) is 0 Å². The molecule has 0 spiro atoms. The second kappa shape index (κ2) is 6.07. The molecular formula is C11H18N4O. The van der Waals surface area contributed by atoms with Gasteiger partial charge in [0.1, 0.15) is 0 Å². The Balaban J connectivity index is 2.56. The molecule has 1 aromatic rings. The molecule has 5 heteroatoms. The van der Waals surface area contributed by atoms with Gasteiger partial charge in [0.15, 0.2) is 5.69 Å². The monoisotopic (exact) mass is 222 g/mol. The van der Waals surface area contributed by atoms with Gasteiger partial charge in [0, 0.05) is 12.2 Å². The molecule has 0 aromatic carbocycles. The molecule has 4 N–H and O–H groups in total. The lowest BCUT2D eigenvalue weighted by atomic mass is 10.2. The summed E-state index contributed by atoms with van der Waals surface area (Å²) in [5, 5.41) is 0. The number of carbonyl (C=O) groups excluding carboxylic acids is 1. The van der Waals surface area contributed by atoms with E-state index in [1.54, 1.807) is 18.3 Å². The molecule has 0 bridgehead atoms. The fourth-order valence-electron chi connectivity index (χ4n) is 1.33. The number of aromatic nitrogens is 1. The maximum Gasteiger partial charge on any atom is 0.286 e. The van der Waals surface area contributed by atoms with Gasteiger partial charge in [0.05, 0.1) is 5.69 Å². The van der Waals surface area contributed by atoms with Crippen molar-refractivity contribution in [2.24, 2.45) is 0 Å². The van der Waals surface area contributed by atoms with E-state index in [0.717, 1.165) is 12.8 Å². The Morgan fingerprint density at radius 1 is 1.50 bits per heavy atom. The second-order valence-electron chi connectivity index (χ2n) is 3.55. The minimum atomic E-state index is -0.301. The van der Waals surface area contributed by atoms with Gasteiger partial charge in [-0.15, -0.1) is 0 Å². The van der Waals surface area contributed by atoms with E-state index in [2.05, 4.69) is 29.7 Å². The number of hydrazine groups is 1. The number of nitrogens with zero attached hydrogens (tertiary/aromatic N) is 1. The third kappa shape index (κ3) is 3.20. The van der Waals surface area contributed by atoms with Crippen molar-refractivity contribution in [1.82, 2.24) is 15.8 Å². The molecule has 1 rings (SSSR count). The van der Waals surface area contributed by atoms with Gasteiger partial charge in [0.2, 0.25) is 0 Å². The Kier molecular flexibility index (Phi) is 4.72. The molecule has 16 heavy (non-hydrogen) atoms. The zero-order chi connectivity index (χ0) is 12.0. The van der Waals surface area contributed by atoms with Crippen LogP contribution in [0.4, 0.5) is 5.69 Å². The van der Waals surface area contributed by atoms with Gasteiger partial charge in [-0.3, -0.25) is 10.2 Å². The van der Waals surface area contributed by atoms with Crippen LogP contribution in [0.2, 0.25) is 0 Å². The summed E-state index contributed by atoms with van der Waals surface area (Å²) in [6, 6.07) is 3.62. The minimum absolute atomic E-state index is 0.251. The highest BCUT2D eigenvalue weighted by Gasteiger charge is 2.11. The maximum absolute atomic E-state index is 11.7. The first-order valence-electron chi connectivity index (χ1n) is 5.45. The lowest BCUT2D eigenvalue weighted by Gasteiger charge is -2.15. The number of nitrogens with two attached hydrogens (primary N) is 1. The number of carbonyl (C=O) groups is 1. The van der Waals surface area contributed by atoms with Crippen molar-refractivity contribution >= 4 is 11.6 Å². The molecule has 0 saturated carbocycles. The Labute approximate surface area is 95.4 Å². The average molecular weight is 222 g/mol. The highest BCUT2D eigenvalue weighted by atomic mass is 16.2. The standard InChI is InChI=1S/C11H18N4O/c1-3-8(4-2)14-15-11(16)10-9(12)6-5-7-13-10/h5-8,14H,3-4,12H2,1-2H3,(H,15,16). The summed E-state index contributed by atoms with van der Waals surface area (Å²) in [6.45, 7) is 4.12. The van der Waals surface area contributed by atoms with E-state index < -0.39 is 0 Å². The second-order valence-corrected chi connectivity index (χ2v) is 3.55. The minimum Gasteiger partial charge on any atom is -0.397 e. The van der Waals surface area contributed by atoms with Crippen molar-refractivity contribution in [2.45, 2.75) is 32.7 Å². The molecular weight excluding hydrogens is 204 g/mol. The third-order valence-electron chi connectivity index (χ3n) is 2.43. The molecule has 0 unspecified atom stereocenters. The number of nitrogens with one attached hydrogen (secondary N) is 2. The molecule has 1 heterocycles. The van der Waals surface area contributed by atoms with E-state index >= 15 is 0 Å². The Hall–Kier alpha value is -1.62. The Morgan fingerprint density at radius 3 is 2.75 bits per heavy atom. The first-order chi connectivity index (χ1) is 7.69. The zero-order valence-corrected chi connectivity index (χ0v) is 9.66. The molecule has 88 valence electrons. The number of pyridine rings is 1. The fraction of sp³-hybridized carbons (Fsp3) is 0.455.